The average Bonchev–Trinajstić information content (AvgIpc) is 3.16. The molecule has 1 saturated heterocycles. The molecule has 0 saturated carbocycles. The Bertz CT molecular complexity index is 1210. The molecule has 7 nitrogen and oxygen atoms in total. The second-order valence-corrected chi connectivity index (χ2v) is 8.15. The van der Waals surface area contributed by atoms with E-state index in [2.05, 4.69) is 26.2 Å². The van der Waals surface area contributed by atoms with Gasteiger partial charge < -0.3 is 15.0 Å². The summed E-state index contributed by atoms with van der Waals surface area (Å²) in [6, 6.07) is 19.4. The van der Waals surface area contributed by atoms with Gasteiger partial charge in [0.05, 0.1) is 18.2 Å². The standard InChI is InChI=1S/C26H25N5O2/c1-2-33-24-6-4-3-5-21(24)26(22-17-19(18-27)7-8-23(22)29-25(26)32)31-15-13-30(14-16-31)20-9-11-28-12-10-20/h3-12,17H,2,13-16H2,1H3,(H,29,32). The number of hydrogen-bond donors (Lipinski definition) is 1. The van der Waals surface area contributed by atoms with Crippen molar-refractivity contribution in [1.29, 1.82) is 5.26 Å². The number of carbonyl (C=O) groups is 1. The van der Waals surface area contributed by atoms with Crippen molar-refractivity contribution in [3.05, 3.63) is 83.7 Å². The molecule has 1 fully saturated rings. The Kier molecular flexibility index (Phi) is 5.45. The van der Waals surface area contributed by atoms with E-state index in [-0.39, 0.29) is 5.91 Å². The van der Waals surface area contributed by atoms with Crippen molar-refractivity contribution >= 4 is 17.3 Å². The van der Waals surface area contributed by atoms with Gasteiger partial charge in [-0.3, -0.25) is 14.7 Å². The summed E-state index contributed by atoms with van der Waals surface area (Å²) >= 11 is 0. The van der Waals surface area contributed by atoms with Crippen LogP contribution in [0.25, 0.3) is 0 Å². The molecule has 3 heterocycles. The molecule has 2 aliphatic rings. The van der Waals surface area contributed by atoms with E-state index in [4.69, 9.17) is 4.74 Å². The Hall–Kier alpha value is -3.89. The largest absolute Gasteiger partial charge is 0.493 e. The zero-order chi connectivity index (χ0) is 22.8. The van der Waals surface area contributed by atoms with Crippen LogP contribution in [0, 0.1) is 11.3 Å². The first-order valence-corrected chi connectivity index (χ1v) is 11.2. The van der Waals surface area contributed by atoms with Gasteiger partial charge in [0.2, 0.25) is 0 Å². The summed E-state index contributed by atoms with van der Waals surface area (Å²) in [5, 5.41) is 12.7. The van der Waals surface area contributed by atoms with E-state index in [1.54, 1.807) is 18.5 Å². The number of anilines is 2. The van der Waals surface area contributed by atoms with E-state index in [0.717, 1.165) is 35.6 Å². The van der Waals surface area contributed by atoms with Crippen LogP contribution in [0.15, 0.2) is 67.0 Å². The van der Waals surface area contributed by atoms with E-state index in [1.165, 1.54) is 0 Å². The molecule has 1 amide bonds. The van der Waals surface area contributed by atoms with Gasteiger partial charge >= 0.3 is 0 Å². The Morgan fingerprint density at radius 1 is 1.06 bits per heavy atom. The van der Waals surface area contributed by atoms with Crippen molar-refractivity contribution in [2.24, 2.45) is 0 Å². The molecule has 2 aromatic carbocycles. The summed E-state index contributed by atoms with van der Waals surface area (Å²) in [7, 11) is 0. The summed E-state index contributed by atoms with van der Waals surface area (Å²) in [4.78, 5) is 22.5. The SMILES string of the molecule is CCOc1ccccc1C1(N2CCN(c3ccncc3)CC2)C(=O)Nc2ccc(C#N)cc21. The Morgan fingerprint density at radius 2 is 1.82 bits per heavy atom. The molecule has 0 bridgehead atoms. The number of nitrogens with zero attached hydrogens (tertiary/aromatic N) is 4. The highest BCUT2D eigenvalue weighted by Crippen LogP contribution is 2.49. The number of pyridine rings is 1. The van der Waals surface area contributed by atoms with Gasteiger partial charge in [-0.1, -0.05) is 18.2 Å². The Labute approximate surface area is 193 Å². The van der Waals surface area contributed by atoms with Crippen LogP contribution in [-0.2, 0) is 10.3 Å². The smallest absolute Gasteiger partial charge is 0.254 e. The van der Waals surface area contributed by atoms with Crippen LogP contribution in [0.2, 0.25) is 0 Å². The lowest BCUT2D eigenvalue weighted by atomic mass is 9.80. The molecule has 0 spiro atoms. The maximum Gasteiger partial charge on any atom is 0.254 e. The van der Waals surface area contributed by atoms with Crippen molar-refractivity contribution in [1.82, 2.24) is 9.88 Å². The van der Waals surface area contributed by atoms with E-state index in [9.17, 15) is 10.1 Å². The van der Waals surface area contributed by atoms with Gasteiger partial charge in [0.1, 0.15) is 5.75 Å². The topological polar surface area (TPSA) is 81.5 Å². The Balaban J connectivity index is 1.62. The van der Waals surface area contributed by atoms with E-state index in [0.29, 0.717) is 31.0 Å². The van der Waals surface area contributed by atoms with Gasteiger partial charge in [-0.15, -0.1) is 0 Å². The van der Waals surface area contributed by atoms with Crippen LogP contribution in [0.3, 0.4) is 0 Å². The number of aromatic nitrogens is 1. The van der Waals surface area contributed by atoms with E-state index >= 15 is 0 Å². The molecule has 1 aromatic heterocycles. The van der Waals surface area contributed by atoms with Gasteiger partial charge in [0, 0.05) is 61.1 Å². The molecule has 2 aliphatic heterocycles. The van der Waals surface area contributed by atoms with Crippen molar-refractivity contribution in [3.8, 4) is 11.8 Å². The average molecular weight is 440 g/mol. The zero-order valence-corrected chi connectivity index (χ0v) is 18.5. The quantitative estimate of drug-likeness (QED) is 0.657. The molecule has 3 aromatic rings. The fraction of sp³-hybridized carbons (Fsp3) is 0.269. The number of nitriles is 1. The van der Waals surface area contributed by atoms with Gasteiger partial charge in [-0.25, -0.2) is 0 Å². The molecule has 0 aliphatic carbocycles. The lowest BCUT2D eigenvalue weighted by molar-refractivity contribution is -0.125. The van der Waals surface area contributed by atoms with Gasteiger partial charge in [0.25, 0.3) is 5.91 Å². The number of fused-ring (bicyclic) bond motifs is 1. The lowest BCUT2D eigenvalue weighted by Gasteiger charge is -2.45. The summed E-state index contributed by atoms with van der Waals surface area (Å²) in [5.41, 5.74) is 2.92. The van der Waals surface area contributed by atoms with Crippen LogP contribution in [0.5, 0.6) is 5.75 Å². The van der Waals surface area contributed by atoms with Gasteiger partial charge in [-0.05, 0) is 43.3 Å². The van der Waals surface area contributed by atoms with Crippen LogP contribution in [0.1, 0.15) is 23.6 Å². The minimum absolute atomic E-state index is 0.114. The first-order chi connectivity index (χ1) is 16.2. The number of amides is 1. The fourth-order valence-corrected chi connectivity index (χ4v) is 5.01. The molecule has 5 rings (SSSR count). The molecule has 33 heavy (non-hydrogen) atoms. The second-order valence-electron chi connectivity index (χ2n) is 8.15. The number of rotatable bonds is 5. The van der Waals surface area contributed by atoms with Gasteiger partial charge in [0.15, 0.2) is 5.54 Å². The van der Waals surface area contributed by atoms with Gasteiger partial charge in [-0.2, -0.15) is 5.26 Å². The number of piperazine rings is 1. The van der Waals surface area contributed by atoms with E-state index < -0.39 is 5.54 Å². The van der Waals surface area contributed by atoms with E-state index in [1.807, 2.05) is 55.5 Å². The first-order valence-electron chi connectivity index (χ1n) is 11.2. The number of ether oxygens (including phenoxy) is 1. The summed E-state index contributed by atoms with van der Waals surface area (Å²) in [6.07, 6.45) is 3.59. The molecule has 166 valence electrons. The van der Waals surface area contributed by atoms with Crippen LogP contribution in [-0.4, -0.2) is 48.6 Å². The minimum atomic E-state index is -1.07. The van der Waals surface area contributed by atoms with Crippen molar-refractivity contribution < 1.29 is 9.53 Å². The summed E-state index contributed by atoms with van der Waals surface area (Å²) < 4.78 is 5.99. The molecule has 7 heteroatoms. The maximum absolute atomic E-state index is 13.8. The van der Waals surface area contributed by atoms with Crippen LogP contribution >= 0.6 is 0 Å². The highest BCUT2D eigenvalue weighted by atomic mass is 16.5. The minimum Gasteiger partial charge on any atom is -0.493 e. The number of para-hydroxylation sites is 1. The monoisotopic (exact) mass is 439 g/mol. The third-order valence-corrected chi connectivity index (χ3v) is 6.47. The highest BCUT2D eigenvalue weighted by Gasteiger charge is 2.54. The Morgan fingerprint density at radius 3 is 2.55 bits per heavy atom. The lowest BCUT2D eigenvalue weighted by Crippen LogP contribution is -2.59. The molecular formula is C26H25N5O2. The van der Waals surface area contributed by atoms with Crippen molar-refractivity contribution in [2.45, 2.75) is 12.5 Å². The fourth-order valence-electron chi connectivity index (χ4n) is 5.01. The third kappa shape index (κ3) is 3.40. The number of carbonyl (C=O) groups excluding carboxylic acids is 1. The highest BCUT2D eigenvalue weighted by molar-refractivity contribution is 6.09. The van der Waals surface area contributed by atoms with Crippen molar-refractivity contribution in [3.63, 3.8) is 0 Å². The maximum atomic E-state index is 13.8. The molecule has 0 radical (unpaired) electrons. The van der Waals surface area contributed by atoms with Crippen LogP contribution < -0.4 is 15.0 Å². The number of nitrogens with one attached hydrogen (secondary N) is 1. The van der Waals surface area contributed by atoms with Crippen LogP contribution in [0.4, 0.5) is 11.4 Å². The normalized spacial score (nSPS) is 20.1. The third-order valence-electron chi connectivity index (χ3n) is 6.47. The zero-order valence-electron chi connectivity index (χ0n) is 18.5. The van der Waals surface area contributed by atoms with Crippen molar-refractivity contribution in [2.75, 3.05) is 43.0 Å². The summed E-state index contributed by atoms with van der Waals surface area (Å²) in [6.45, 7) is 5.31. The summed E-state index contributed by atoms with van der Waals surface area (Å²) in [5.74, 6) is 0.569. The molecule has 1 atom stereocenters. The number of benzene rings is 2. The second kappa shape index (κ2) is 8.57. The molecular weight excluding hydrogens is 414 g/mol. The molecule has 1 N–H and O–H groups in total. The predicted octanol–water partition coefficient (Wildman–Crippen LogP) is 3.37. The predicted molar refractivity (Wildman–Crippen MR) is 126 cm³/mol. The molecule has 1 unspecified atom stereocenters. The first kappa shape index (κ1) is 21.0. The number of hydrogen-bond acceptors (Lipinski definition) is 6.